The summed E-state index contributed by atoms with van der Waals surface area (Å²) in [5.74, 6) is 0. The van der Waals surface area contributed by atoms with Crippen LogP contribution in [0.1, 0.15) is 21.9 Å². The number of hydrogen-bond donors (Lipinski definition) is 0. The molecule has 0 saturated heterocycles. The van der Waals surface area contributed by atoms with Gasteiger partial charge in [0, 0.05) is 0 Å². The molecule has 0 aromatic heterocycles. The molecule has 0 aliphatic carbocycles. The highest BCUT2D eigenvalue weighted by Gasteiger charge is 2.13. The van der Waals surface area contributed by atoms with Gasteiger partial charge in [0.25, 0.3) is 0 Å². The van der Waals surface area contributed by atoms with Crippen molar-refractivity contribution >= 4 is 11.8 Å². The number of rotatable bonds is 3. The monoisotopic (exact) mass is 228 g/mol. The molecule has 0 radical (unpaired) electrons. The molecule has 0 fully saturated rings. The summed E-state index contributed by atoms with van der Waals surface area (Å²) < 4.78 is 0. The molecule has 0 saturated carbocycles. The van der Waals surface area contributed by atoms with Gasteiger partial charge in [0.15, 0.2) is 0 Å². The van der Waals surface area contributed by atoms with Gasteiger partial charge in [-0.15, -0.1) is 0 Å². The highest BCUT2D eigenvalue weighted by molar-refractivity contribution is 7.99. The van der Waals surface area contributed by atoms with Crippen molar-refractivity contribution in [1.82, 2.24) is 0 Å². The molecule has 0 bridgehead atoms. The molecule has 16 heavy (non-hydrogen) atoms. The first kappa shape index (κ1) is 11.3. The summed E-state index contributed by atoms with van der Waals surface area (Å²) in [4.78, 5) is 0. The molecule has 2 rings (SSSR count). The number of aryl methyl sites for hydroxylation is 1. The topological polar surface area (TPSA) is 0 Å². The fourth-order valence-electron chi connectivity index (χ4n) is 1.95. The predicted molar refractivity (Wildman–Crippen MR) is 73.0 cm³/mol. The van der Waals surface area contributed by atoms with Gasteiger partial charge in [-0.2, -0.15) is 11.8 Å². The second-order valence-electron chi connectivity index (χ2n) is 3.88. The Balaban J connectivity index is 2.41. The standard InChI is InChI=1S/C15H16S/c1-12-8-6-7-11-14(12)15(16-2)13-9-4-3-5-10-13/h3-11,15H,1-2H3. The first-order valence-electron chi connectivity index (χ1n) is 5.46. The minimum Gasteiger partial charge on any atom is -0.152 e. The molecule has 0 amide bonds. The van der Waals surface area contributed by atoms with E-state index in [1.807, 2.05) is 11.8 Å². The van der Waals surface area contributed by atoms with Crippen LogP contribution in [0.3, 0.4) is 0 Å². The number of thioether (sulfide) groups is 1. The van der Waals surface area contributed by atoms with Crippen molar-refractivity contribution in [3.63, 3.8) is 0 Å². The van der Waals surface area contributed by atoms with E-state index in [-0.39, 0.29) is 0 Å². The molecule has 1 heteroatoms. The molecule has 0 aliphatic heterocycles. The van der Waals surface area contributed by atoms with Gasteiger partial charge in [0.05, 0.1) is 5.25 Å². The lowest BCUT2D eigenvalue weighted by Gasteiger charge is -2.17. The van der Waals surface area contributed by atoms with Crippen molar-refractivity contribution in [2.45, 2.75) is 12.2 Å². The second kappa shape index (κ2) is 5.22. The lowest BCUT2D eigenvalue weighted by Crippen LogP contribution is -1.98. The van der Waals surface area contributed by atoms with Gasteiger partial charge in [-0.05, 0) is 29.9 Å². The zero-order valence-electron chi connectivity index (χ0n) is 9.68. The zero-order valence-corrected chi connectivity index (χ0v) is 10.5. The van der Waals surface area contributed by atoms with Gasteiger partial charge in [-0.25, -0.2) is 0 Å². The van der Waals surface area contributed by atoms with Crippen LogP contribution in [0.15, 0.2) is 54.6 Å². The third-order valence-electron chi connectivity index (χ3n) is 2.81. The third-order valence-corrected chi connectivity index (χ3v) is 3.81. The van der Waals surface area contributed by atoms with Crippen LogP contribution < -0.4 is 0 Å². The van der Waals surface area contributed by atoms with Gasteiger partial charge in [0.1, 0.15) is 0 Å². The SMILES string of the molecule is CSC(c1ccccc1)c1ccccc1C. The van der Waals surface area contributed by atoms with Crippen LogP contribution in [0.2, 0.25) is 0 Å². The maximum absolute atomic E-state index is 2.23. The van der Waals surface area contributed by atoms with E-state index in [4.69, 9.17) is 0 Å². The first-order valence-corrected chi connectivity index (χ1v) is 6.75. The minimum atomic E-state index is 0.447. The van der Waals surface area contributed by atoms with Gasteiger partial charge in [-0.1, -0.05) is 54.6 Å². The van der Waals surface area contributed by atoms with Crippen molar-refractivity contribution < 1.29 is 0 Å². The largest absolute Gasteiger partial charge is 0.152 e. The fourth-order valence-corrected chi connectivity index (χ4v) is 2.90. The van der Waals surface area contributed by atoms with Gasteiger partial charge < -0.3 is 0 Å². The number of benzene rings is 2. The average molecular weight is 228 g/mol. The van der Waals surface area contributed by atoms with Crippen LogP contribution in [0, 0.1) is 6.92 Å². The van der Waals surface area contributed by atoms with Crippen LogP contribution in [0.25, 0.3) is 0 Å². The van der Waals surface area contributed by atoms with E-state index < -0.39 is 0 Å². The van der Waals surface area contributed by atoms with E-state index in [1.54, 1.807) is 0 Å². The van der Waals surface area contributed by atoms with Crippen LogP contribution in [0.4, 0.5) is 0 Å². The van der Waals surface area contributed by atoms with E-state index in [0.29, 0.717) is 5.25 Å². The Labute approximate surface area is 102 Å². The molecule has 0 heterocycles. The van der Waals surface area contributed by atoms with E-state index in [1.165, 1.54) is 16.7 Å². The molecule has 0 nitrogen and oxygen atoms in total. The molecule has 82 valence electrons. The van der Waals surface area contributed by atoms with Crippen molar-refractivity contribution in [1.29, 1.82) is 0 Å². The molecular weight excluding hydrogens is 212 g/mol. The van der Waals surface area contributed by atoms with Crippen molar-refractivity contribution in [2.24, 2.45) is 0 Å². The fraction of sp³-hybridized carbons (Fsp3) is 0.200. The van der Waals surface area contributed by atoms with Crippen LogP contribution in [-0.4, -0.2) is 6.26 Å². The summed E-state index contributed by atoms with van der Waals surface area (Å²) in [5, 5.41) is 0.447. The summed E-state index contributed by atoms with van der Waals surface area (Å²) in [6.07, 6.45) is 2.17. The molecule has 1 unspecified atom stereocenters. The summed E-state index contributed by atoms with van der Waals surface area (Å²) >= 11 is 1.89. The van der Waals surface area contributed by atoms with Crippen molar-refractivity contribution in [3.05, 3.63) is 71.3 Å². The van der Waals surface area contributed by atoms with Gasteiger partial charge in [-0.3, -0.25) is 0 Å². The maximum Gasteiger partial charge on any atom is 0.0546 e. The van der Waals surface area contributed by atoms with Crippen molar-refractivity contribution in [3.8, 4) is 0 Å². The highest BCUT2D eigenvalue weighted by Crippen LogP contribution is 2.35. The molecule has 2 aromatic rings. The molecule has 2 aromatic carbocycles. The first-order chi connectivity index (χ1) is 7.83. The molecule has 0 N–H and O–H groups in total. The predicted octanol–water partition coefficient (Wildman–Crippen LogP) is 4.45. The lowest BCUT2D eigenvalue weighted by molar-refractivity contribution is 1.13. The molecular formula is C15H16S. The quantitative estimate of drug-likeness (QED) is 0.748. The Bertz CT molecular complexity index is 448. The zero-order chi connectivity index (χ0) is 11.4. The van der Waals surface area contributed by atoms with E-state index in [9.17, 15) is 0 Å². The summed E-state index contributed by atoms with van der Waals surface area (Å²) in [7, 11) is 0. The second-order valence-corrected chi connectivity index (χ2v) is 4.83. The smallest absolute Gasteiger partial charge is 0.0546 e. The van der Waals surface area contributed by atoms with Crippen LogP contribution >= 0.6 is 11.8 Å². The Hall–Kier alpha value is -1.21. The lowest BCUT2D eigenvalue weighted by atomic mass is 10.0. The molecule has 0 spiro atoms. The summed E-state index contributed by atoms with van der Waals surface area (Å²) in [6, 6.07) is 19.3. The Morgan fingerprint density at radius 3 is 2.12 bits per heavy atom. The minimum absolute atomic E-state index is 0.447. The van der Waals surface area contributed by atoms with Gasteiger partial charge in [0.2, 0.25) is 0 Å². The van der Waals surface area contributed by atoms with Gasteiger partial charge >= 0.3 is 0 Å². The normalized spacial score (nSPS) is 12.4. The maximum atomic E-state index is 2.23. The van der Waals surface area contributed by atoms with E-state index in [0.717, 1.165) is 0 Å². The number of hydrogen-bond acceptors (Lipinski definition) is 1. The molecule has 0 aliphatic rings. The van der Waals surface area contributed by atoms with Crippen molar-refractivity contribution in [2.75, 3.05) is 6.26 Å². The van der Waals surface area contributed by atoms with Crippen LogP contribution in [0.5, 0.6) is 0 Å². The highest BCUT2D eigenvalue weighted by atomic mass is 32.2. The Kier molecular flexibility index (Phi) is 3.68. The average Bonchev–Trinajstić information content (AvgIpc) is 2.34. The molecule has 1 atom stereocenters. The summed E-state index contributed by atoms with van der Waals surface area (Å²) in [6.45, 7) is 2.18. The third kappa shape index (κ3) is 2.30. The van der Waals surface area contributed by atoms with E-state index in [2.05, 4.69) is 67.8 Å². The Morgan fingerprint density at radius 1 is 0.875 bits per heavy atom. The summed E-state index contributed by atoms with van der Waals surface area (Å²) in [5.41, 5.74) is 4.16. The Morgan fingerprint density at radius 2 is 1.50 bits per heavy atom. The van der Waals surface area contributed by atoms with E-state index >= 15 is 0 Å². The van der Waals surface area contributed by atoms with Crippen LogP contribution in [-0.2, 0) is 0 Å².